The molecular formula is C22H28ClN5O3. The van der Waals surface area contributed by atoms with Crippen LogP contribution in [0.3, 0.4) is 0 Å². The largest absolute Gasteiger partial charge is 0.367 e. The Morgan fingerprint density at radius 2 is 1.68 bits per heavy atom. The zero-order valence-corrected chi connectivity index (χ0v) is 18.7. The highest BCUT2D eigenvalue weighted by Crippen LogP contribution is 2.27. The number of aromatic nitrogens is 2. The molecule has 2 aromatic rings. The van der Waals surface area contributed by atoms with Gasteiger partial charge < -0.3 is 14.7 Å². The van der Waals surface area contributed by atoms with Crippen LogP contribution in [-0.4, -0.2) is 59.2 Å². The lowest BCUT2D eigenvalue weighted by Crippen LogP contribution is -2.53. The molecule has 4 rings (SSSR count). The van der Waals surface area contributed by atoms with Crippen LogP contribution in [-0.2, 0) is 18.9 Å². The van der Waals surface area contributed by atoms with E-state index in [1.807, 2.05) is 34.1 Å². The van der Waals surface area contributed by atoms with Crippen LogP contribution in [0.2, 0.25) is 5.02 Å². The minimum Gasteiger partial charge on any atom is -0.367 e. The molecular weight excluding hydrogens is 418 g/mol. The fourth-order valence-electron chi connectivity index (χ4n) is 4.55. The number of rotatable bonds is 3. The minimum absolute atomic E-state index is 0.139. The van der Waals surface area contributed by atoms with Gasteiger partial charge in [0, 0.05) is 59.4 Å². The maximum atomic E-state index is 13.2. The number of anilines is 2. The van der Waals surface area contributed by atoms with Crippen LogP contribution in [0.25, 0.3) is 0 Å². The highest BCUT2D eigenvalue weighted by Gasteiger charge is 2.32. The van der Waals surface area contributed by atoms with Gasteiger partial charge in [-0.25, -0.2) is 4.79 Å². The Labute approximate surface area is 186 Å². The predicted octanol–water partition coefficient (Wildman–Crippen LogP) is 1.30. The number of para-hydroxylation sites is 1. The van der Waals surface area contributed by atoms with Crippen molar-refractivity contribution >= 4 is 29.0 Å². The van der Waals surface area contributed by atoms with E-state index in [1.165, 1.54) is 17.7 Å². The van der Waals surface area contributed by atoms with Gasteiger partial charge in [-0.3, -0.25) is 18.7 Å². The van der Waals surface area contributed by atoms with Gasteiger partial charge in [0.15, 0.2) is 0 Å². The Bertz CT molecular complexity index is 1090. The molecule has 0 saturated carbocycles. The van der Waals surface area contributed by atoms with E-state index in [0.717, 1.165) is 47.8 Å². The number of halogens is 1. The maximum Gasteiger partial charge on any atom is 0.332 e. The molecule has 0 radical (unpaired) electrons. The topological polar surface area (TPSA) is 70.8 Å². The molecule has 1 atom stereocenters. The Morgan fingerprint density at radius 3 is 2.39 bits per heavy atom. The molecule has 9 heteroatoms. The van der Waals surface area contributed by atoms with Gasteiger partial charge in [0.1, 0.15) is 5.82 Å². The van der Waals surface area contributed by atoms with Crippen molar-refractivity contribution in [3.05, 3.63) is 56.2 Å². The van der Waals surface area contributed by atoms with E-state index in [9.17, 15) is 14.4 Å². The van der Waals surface area contributed by atoms with Crippen LogP contribution in [0.5, 0.6) is 0 Å². The summed E-state index contributed by atoms with van der Waals surface area (Å²) in [5, 5.41) is 0.727. The second-order valence-corrected chi connectivity index (χ2v) is 8.70. The van der Waals surface area contributed by atoms with Crippen molar-refractivity contribution in [2.45, 2.75) is 12.8 Å². The number of piperidine rings is 1. The summed E-state index contributed by atoms with van der Waals surface area (Å²) in [5.74, 6) is 0.589. The normalized spacial score (nSPS) is 19.6. The molecule has 3 heterocycles. The van der Waals surface area contributed by atoms with Crippen molar-refractivity contribution in [2.24, 2.45) is 20.0 Å². The van der Waals surface area contributed by atoms with Crippen LogP contribution in [0.4, 0.5) is 11.5 Å². The molecule has 166 valence electrons. The van der Waals surface area contributed by atoms with E-state index in [1.54, 1.807) is 7.05 Å². The first-order chi connectivity index (χ1) is 14.9. The smallest absolute Gasteiger partial charge is 0.332 e. The van der Waals surface area contributed by atoms with Gasteiger partial charge in [-0.05, 0) is 25.0 Å². The molecule has 2 saturated heterocycles. The van der Waals surface area contributed by atoms with Crippen LogP contribution < -0.4 is 21.0 Å². The quantitative estimate of drug-likeness (QED) is 0.712. The van der Waals surface area contributed by atoms with Gasteiger partial charge in [0.05, 0.1) is 16.6 Å². The Kier molecular flexibility index (Phi) is 6.09. The summed E-state index contributed by atoms with van der Waals surface area (Å²) in [6.07, 6.45) is 1.66. The fraction of sp³-hybridized carbons (Fsp3) is 0.500. The first-order valence-corrected chi connectivity index (χ1v) is 11.0. The average Bonchev–Trinajstić information content (AvgIpc) is 2.80. The Balaban J connectivity index is 1.43. The van der Waals surface area contributed by atoms with Crippen molar-refractivity contribution in [3.8, 4) is 0 Å². The van der Waals surface area contributed by atoms with E-state index < -0.39 is 0 Å². The third-order valence-corrected chi connectivity index (χ3v) is 6.70. The monoisotopic (exact) mass is 445 g/mol. The zero-order chi connectivity index (χ0) is 22.1. The molecule has 31 heavy (non-hydrogen) atoms. The lowest BCUT2D eigenvalue weighted by atomic mass is 9.96. The third-order valence-electron chi connectivity index (χ3n) is 6.38. The SMILES string of the molecule is Cn1c(N2CCCC(C(=O)N3CCN(c4ccccc4Cl)CC3)C2)cc(=O)n(C)c1=O. The fourth-order valence-corrected chi connectivity index (χ4v) is 4.80. The van der Waals surface area contributed by atoms with Crippen LogP contribution in [0.15, 0.2) is 39.9 Å². The van der Waals surface area contributed by atoms with Gasteiger partial charge >= 0.3 is 5.69 Å². The number of benzene rings is 1. The van der Waals surface area contributed by atoms with E-state index in [2.05, 4.69) is 4.90 Å². The summed E-state index contributed by atoms with van der Waals surface area (Å²) in [5.41, 5.74) is 0.320. The molecule has 1 aromatic carbocycles. The standard InChI is InChI=1S/C22H28ClN5O3/c1-24-19(14-20(29)25(2)22(24)31)28-9-5-6-16(15-28)21(30)27-12-10-26(11-13-27)18-8-4-3-7-17(18)23/h3-4,7-8,14,16H,5-6,9-13,15H2,1-2H3. The van der Waals surface area contributed by atoms with Crippen molar-refractivity contribution in [1.29, 1.82) is 0 Å². The van der Waals surface area contributed by atoms with Crippen LogP contribution in [0.1, 0.15) is 12.8 Å². The summed E-state index contributed by atoms with van der Waals surface area (Å²) in [4.78, 5) is 43.8. The number of carbonyl (C=O) groups excluding carboxylic acids is 1. The molecule has 2 aliphatic rings. The molecule has 2 fully saturated rings. The van der Waals surface area contributed by atoms with Crippen molar-refractivity contribution < 1.29 is 4.79 Å². The van der Waals surface area contributed by atoms with Crippen molar-refractivity contribution in [3.63, 3.8) is 0 Å². The zero-order valence-electron chi connectivity index (χ0n) is 18.0. The summed E-state index contributed by atoms with van der Waals surface area (Å²) < 4.78 is 2.57. The number of piperazine rings is 1. The van der Waals surface area contributed by atoms with Crippen molar-refractivity contribution in [1.82, 2.24) is 14.0 Å². The second-order valence-electron chi connectivity index (χ2n) is 8.29. The maximum absolute atomic E-state index is 13.2. The molecule has 0 aliphatic carbocycles. The van der Waals surface area contributed by atoms with Crippen LogP contribution in [0, 0.1) is 5.92 Å². The number of nitrogens with zero attached hydrogens (tertiary/aromatic N) is 5. The van der Waals surface area contributed by atoms with Gasteiger partial charge in [0.2, 0.25) is 5.91 Å². The van der Waals surface area contributed by atoms with Crippen LogP contribution >= 0.6 is 11.6 Å². The third kappa shape index (κ3) is 4.21. The van der Waals surface area contributed by atoms with Gasteiger partial charge in [0.25, 0.3) is 5.56 Å². The Morgan fingerprint density at radius 1 is 0.968 bits per heavy atom. The predicted molar refractivity (Wildman–Crippen MR) is 122 cm³/mol. The van der Waals surface area contributed by atoms with E-state index in [0.29, 0.717) is 25.5 Å². The van der Waals surface area contributed by atoms with Gasteiger partial charge in [-0.1, -0.05) is 23.7 Å². The Hall–Kier alpha value is -2.74. The van der Waals surface area contributed by atoms with E-state index in [-0.39, 0.29) is 23.1 Å². The average molecular weight is 446 g/mol. The summed E-state index contributed by atoms with van der Waals surface area (Å²) >= 11 is 6.32. The molecule has 2 aliphatic heterocycles. The lowest BCUT2D eigenvalue weighted by molar-refractivity contribution is -0.136. The molecule has 1 amide bonds. The highest BCUT2D eigenvalue weighted by atomic mass is 35.5. The highest BCUT2D eigenvalue weighted by molar-refractivity contribution is 6.33. The van der Waals surface area contributed by atoms with Crippen molar-refractivity contribution in [2.75, 3.05) is 49.1 Å². The molecule has 0 N–H and O–H groups in total. The minimum atomic E-state index is -0.355. The number of hydrogen-bond donors (Lipinski definition) is 0. The van der Waals surface area contributed by atoms with E-state index >= 15 is 0 Å². The molecule has 0 bridgehead atoms. The van der Waals surface area contributed by atoms with Gasteiger partial charge in [-0.15, -0.1) is 0 Å². The summed E-state index contributed by atoms with van der Waals surface area (Å²) in [6.45, 7) is 4.05. The first-order valence-electron chi connectivity index (χ1n) is 10.7. The molecule has 8 nitrogen and oxygen atoms in total. The van der Waals surface area contributed by atoms with Gasteiger partial charge in [-0.2, -0.15) is 0 Å². The molecule has 1 unspecified atom stereocenters. The second kappa shape index (κ2) is 8.78. The first kappa shape index (κ1) is 21.5. The summed E-state index contributed by atoms with van der Waals surface area (Å²) in [7, 11) is 3.13. The summed E-state index contributed by atoms with van der Waals surface area (Å²) in [6, 6.07) is 9.26. The molecule has 0 spiro atoms. The molecule has 1 aromatic heterocycles. The lowest BCUT2D eigenvalue weighted by Gasteiger charge is -2.40. The number of hydrogen-bond acceptors (Lipinski definition) is 5. The number of carbonyl (C=O) groups is 1. The number of amides is 1. The van der Waals surface area contributed by atoms with E-state index in [4.69, 9.17) is 11.6 Å².